The van der Waals surface area contributed by atoms with Crippen molar-refractivity contribution in [3.8, 4) is 0 Å². The second-order valence-corrected chi connectivity index (χ2v) is 5.23. The van der Waals surface area contributed by atoms with Gasteiger partial charge in [0.25, 0.3) is 0 Å². The van der Waals surface area contributed by atoms with Gasteiger partial charge in [0.15, 0.2) is 0 Å². The highest BCUT2D eigenvalue weighted by Crippen LogP contribution is 2.30. The van der Waals surface area contributed by atoms with Crippen molar-refractivity contribution in [3.63, 3.8) is 0 Å². The van der Waals surface area contributed by atoms with Crippen LogP contribution in [0.3, 0.4) is 0 Å². The second kappa shape index (κ2) is 6.49. The van der Waals surface area contributed by atoms with E-state index in [1.165, 1.54) is 0 Å². The number of aromatic nitrogens is 3. The number of nitrogens with zero attached hydrogens (tertiary/aromatic N) is 3. The average molecular weight is 280 g/mol. The molecule has 7 nitrogen and oxygen atoms in total. The van der Waals surface area contributed by atoms with Crippen LogP contribution in [-0.4, -0.2) is 38.3 Å². The predicted octanol–water partition coefficient (Wildman–Crippen LogP) is 0.365. The molecule has 1 amide bonds. The van der Waals surface area contributed by atoms with Gasteiger partial charge < -0.3 is 15.0 Å². The van der Waals surface area contributed by atoms with Crippen molar-refractivity contribution in [1.29, 1.82) is 0 Å². The van der Waals surface area contributed by atoms with Gasteiger partial charge in [-0.25, -0.2) is 0 Å². The van der Waals surface area contributed by atoms with E-state index >= 15 is 0 Å². The van der Waals surface area contributed by atoms with Gasteiger partial charge in [0.05, 0.1) is 11.8 Å². The first-order valence-electron chi connectivity index (χ1n) is 6.93. The van der Waals surface area contributed by atoms with E-state index in [-0.39, 0.29) is 5.91 Å². The molecule has 0 radical (unpaired) electrons. The molecule has 1 aliphatic carbocycles. The summed E-state index contributed by atoms with van der Waals surface area (Å²) in [5.74, 6) is -1.17. The van der Waals surface area contributed by atoms with Gasteiger partial charge in [-0.15, -0.1) is 10.2 Å². The highest BCUT2D eigenvalue weighted by Gasteiger charge is 2.35. The van der Waals surface area contributed by atoms with Crippen molar-refractivity contribution in [2.24, 2.45) is 18.9 Å². The predicted molar refractivity (Wildman–Crippen MR) is 70.8 cm³/mol. The highest BCUT2D eigenvalue weighted by atomic mass is 16.4. The molecule has 2 unspecified atom stereocenters. The highest BCUT2D eigenvalue weighted by molar-refractivity contribution is 5.84. The summed E-state index contributed by atoms with van der Waals surface area (Å²) in [5.41, 5.74) is 0. The number of carboxylic acid groups (broad SMARTS) is 1. The van der Waals surface area contributed by atoms with Gasteiger partial charge in [-0.2, -0.15) is 0 Å². The number of nitrogens with one attached hydrogen (secondary N) is 1. The smallest absolute Gasteiger partial charge is 0.307 e. The van der Waals surface area contributed by atoms with Crippen LogP contribution in [0.1, 0.15) is 31.5 Å². The molecule has 1 saturated carbocycles. The Bertz CT molecular complexity index is 486. The lowest BCUT2D eigenvalue weighted by Gasteiger charge is -2.27. The zero-order chi connectivity index (χ0) is 14.5. The normalized spacial score (nSPS) is 22.4. The molecule has 0 spiro atoms. The molecule has 2 atom stereocenters. The third-order valence-electron chi connectivity index (χ3n) is 3.87. The van der Waals surface area contributed by atoms with E-state index < -0.39 is 17.8 Å². The van der Waals surface area contributed by atoms with Crippen LogP contribution in [0.5, 0.6) is 0 Å². The summed E-state index contributed by atoms with van der Waals surface area (Å²) in [6, 6.07) is 0. The van der Waals surface area contributed by atoms with Crippen molar-refractivity contribution in [2.75, 3.05) is 6.54 Å². The summed E-state index contributed by atoms with van der Waals surface area (Å²) in [6.45, 7) is 0.453. The number of carboxylic acids is 1. The Balaban J connectivity index is 1.84. The number of amides is 1. The lowest BCUT2D eigenvalue weighted by Crippen LogP contribution is -2.40. The first-order valence-corrected chi connectivity index (χ1v) is 6.93. The summed E-state index contributed by atoms with van der Waals surface area (Å²) < 4.78 is 1.80. The molecule has 1 aromatic heterocycles. The number of hydrogen-bond acceptors (Lipinski definition) is 4. The zero-order valence-corrected chi connectivity index (χ0v) is 11.6. The number of aryl methyl sites for hydroxylation is 1. The molecular weight excluding hydrogens is 260 g/mol. The van der Waals surface area contributed by atoms with Crippen LogP contribution in [0.4, 0.5) is 0 Å². The second-order valence-electron chi connectivity index (χ2n) is 5.23. The van der Waals surface area contributed by atoms with Gasteiger partial charge in [0.2, 0.25) is 5.91 Å². The maximum Gasteiger partial charge on any atom is 0.307 e. The van der Waals surface area contributed by atoms with E-state index in [9.17, 15) is 9.59 Å². The maximum absolute atomic E-state index is 12.1. The molecule has 1 aliphatic rings. The molecule has 20 heavy (non-hydrogen) atoms. The van der Waals surface area contributed by atoms with Gasteiger partial charge in [0, 0.05) is 20.0 Å². The fourth-order valence-corrected chi connectivity index (χ4v) is 2.70. The number of carbonyl (C=O) groups excluding carboxylic acids is 1. The summed E-state index contributed by atoms with van der Waals surface area (Å²) in [7, 11) is 1.85. The van der Waals surface area contributed by atoms with E-state index in [0.717, 1.165) is 18.7 Å². The molecule has 1 aromatic rings. The SMILES string of the molecule is Cn1cnnc1CCNC(=O)C1CCCCC1C(=O)O. The standard InChI is InChI=1S/C13H20N4O3/c1-17-8-15-16-11(17)6-7-14-12(18)9-4-2-3-5-10(9)13(19)20/h8-10H,2-7H2,1H3,(H,14,18)(H,19,20). The fraction of sp³-hybridized carbons (Fsp3) is 0.692. The number of rotatable bonds is 5. The van der Waals surface area contributed by atoms with Gasteiger partial charge in [-0.1, -0.05) is 12.8 Å². The van der Waals surface area contributed by atoms with Crippen molar-refractivity contribution in [1.82, 2.24) is 20.1 Å². The monoisotopic (exact) mass is 280 g/mol. The first-order chi connectivity index (χ1) is 9.59. The van der Waals surface area contributed by atoms with Crippen LogP contribution in [0.2, 0.25) is 0 Å². The molecule has 0 saturated heterocycles. The minimum Gasteiger partial charge on any atom is -0.481 e. The molecule has 110 valence electrons. The van der Waals surface area contributed by atoms with Gasteiger partial charge in [-0.3, -0.25) is 9.59 Å². The van der Waals surface area contributed by atoms with Crippen molar-refractivity contribution < 1.29 is 14.7 Å². The Labute approximate surface area is 117 Å². The van der Waals surface area contributed by atoms with Crippen molar-refractivity contribution in [3.05, 3.63) is 12.2 Å². The molecule has 2 N–H and O–H groups in total. The molecule has 0 aliphatic heterocycles. The Morgan fingerprint density at radius 1 is 1.40 bits per heavy atom. The Kier molecular flexibility index (Phi) is 4.70. The van der Waals surface area contributed by atoms with E-state index in [4.69, 9.17) is 5.11 Å². The average Bonchev–Trinajstić information content (AvgIpc) is 2.84. The van der Waals surface area contributed by atoms with Gasteiger partial charge in [-0.05, 0) is 12.8 Å². The number of hydrogen-bond donors (Lipinski definition) is 2. The van der Waals surface area contributed by atoms with Crippen LogP contribution in [0, 0.1) is 11.8 Å². The van der Waals surface area contributed by atoms with Crippen LogP contribution in [-0.2, 0) is 23.1 Å². The first kappa shape index (κ1) is 14.5. The number of carbonyl (C=O) groups is 2. The van der Waals surface area contributed by atoms with E-state index in [2.05, 4.69) is 15.5 Å². The van der Waals surface area contributed by atoms with Crippen LogP contribution in [0.25, 0.3) is 0 Å². The van der Waals surface area contributed by atoms with E-state index in [0.29, 0.717) is 25.8 Å². The summed E-state index contributed by atoms with van der Waals surface area (Å²) in [5, 5.41) is 19.7. The third kappa shape index (κ3) is 3.34. The summed E-state index contributed by atoms with van der Waals surface area (Å²) in [4.78, 5) is 23.3. The minimum atomic E-state index is -0.863. The molecule has 0 bridgehead atoms. The summed E-state index contributed by atoms with van der Waals surface area (Å²) in [6.07, 6.45) is 5.26. The maximum atomic E-state index is 12.1. The molecule has 7 heteroatoms. The largest absolute Gasteiger partial charge is 0.481 e. The zero-order valence-electron chi connectivity index (χ0n) is 11.6. The fourth-order valence-electron chi connectivity index (χ4n) is 2.70. The lowest BCUT2D eigenvalue weighted by atomic mass is 9.78. The van der Waals surface area contributed by atoms with E-state index in [1.54, 1.807) is 10.9 Å². The van der Waals surface area contributed by atoms with Crippen LogP contribution >= 0.6 is 0 Å². The molecular formula is C13H20N4O3. The minimum absolute atomic E-state index is 0.153. The van der Waals surface area contributed by atoms with Gasteiger partial charge >= 0.3 is 5.97 Å². The molecule has 0 aromatic carbocycles. The summed E-state index contributed by atoms with van der Waals surface area (Å²) >= 11 is 0. The topological polar surface area (TPSA) is 97.1 Å². The van der Waals surface area contributed by atoms with Crippen LogP contribution < -0.4 is 5.32 Å². The molecule has 1 heterocycles. The third-order valence-corrected chi connectivity index (χ3v) is 3.87. The lowest BCUT2D eigenvalue weighted by molar-refractivity contribution is -0.148. The molecule has 1 fully saturated rings. The van der Waals surface area contributed by atoms with Crippen LogP contribution in [0.15, 0.2) is 6.33 Å². The van der Waals surface area contributed by atoms with Crippen molar-refractivity contribution in [2.45, 2.75) is 32.1 Å². The Morgan fingerprint density at radius 3 is 2.70 bits per heavy atom. The number of aliphatic carboxylic acids is 1. The quantitative estimate of drug-likeness (QED) is 0.812. The van der Waals surface area contributed by atoms with E-state index in [1.807, 2.05) is 7.05 Å². The van der Waals surface area contributed by atoms with Crippen molar-refractivity contribution >= 4 is 11.9 Å². The Hall–Kier alpha value is -1.92. The van der Waals surface area contributed by atoms with Gasteiger partial charge in [0.1, 0.15) is 12.2 Å². The molecule has 2 rings (SSSR count). The Morgan fingerprint density at radius 2 is 2.10 bits per heavy atom.